The first-order valence-corrected chi connectivity index (χ1v) is 3.81. The highest BCUT2D eigenvalue weighted by molar-refractivity contribution is 5.85. The molecule has 1 unspecified atom stereocenters. The van der Waals surface area contributed by atoms with E-state index in [1.54, 1.807) is 4.90 Å². The van der Waals surface area contributed by atoms with Gasteiger partial charge in [-0.3, -0.25) is 0 Å². The van der Waals surface area contributed by atoms with E-state index in [1.165, 1.54) is 7.11 Å². The summed E-state index contributed by atoms with van der Waals surface area (Å²) in [5.74, 6) is 0. The Balaban J connectivity index is 0. The van der Waals surface area contributed by atoms with E-state index in [-0.39, 0.29) is 36.9 Å². The zero-order chi connectivity index (χ0) is 8.27. The maximum Gasteiger partial charge on any atom is 0.409 e. The van der Waals surface area contributed by atoms with Crippen LogP contribution in [0.3, 0.4) is 0 Å². The van der Waals surface area contributed by atoms with Crippen LogP contribution in [0.25, 0.3) is 0 Å². The molecule has 13 heavy (non-hydrogen) atoms. The highest BCUT2D eigenvalue weighted by atomic mass is 35.5. The summed E-state index contributed by atoms with van der Waals surface area (Å²) in [5, 5.41) is 3.19. The molecule has 1 amide bonds. The number of halogens is 2. The second-order valence-electron chi connectivity index (χ2n) is 2.72. The molecule has 1 aliphatic heterocycles. The van der Waals surface area contributed by atoms with E-state index in [0.717, 1.165) is 19.6 Å². The molecule has 4 nitrogen and oxygen atoms in total. The number of piperazine rings is 1. The van der Waals surface area contributed by atoms with Crippen molar-refractivity contribution < 1.29 is 9.53 Å². The lowest BCUT2D eigenvalue weighted by Crippen LogP contribution is -2.52. The molecule has 6 heteroatoms. The molecule has 0 radical (unpaired) electrons. The second kappa shape index (κ2) is 7.24. The molecule has 0 aliphatic carbocycles. The summed E-state index contributed by atoms with van der Waals surface area (Å²) >= 11 is 0. The molecule has 0 aromatic carbocycles. The number of carbonyl (C=O) groups is 1. The van der Waals surface area contributed by atoms with Crippen LogP contribution in [0.4, 0.5) is 4.79 Å². The molecule has 1 N–H and O–H groups in total. The number of carbonyl (C=O) groups excluding carboxylic acids is 1. The summed E-state index contributed by atoms with van der Waals surface area (Å²) in [7, 11) is 1.41. The van der Waals surface area contributed by atoms with E-state index >= 15 is 0 Å². The van der Waals surface area contributed by atoms with Gasteiger partial charge in [-0.05, 0) is 6.92 Å². The zero-order valence-corrected chi connectivity index (χ0v) is 9.41. The van der Waals surface area contributed by atoms with Gasteiger partial charge in [0.1, 0.15) is 0 Å². The molecule has 1 heterocycles. The normalized spacial score (nSPS) is 21.1. The van der Waals surface area contributed by atoms with Crippen LogP contribution in [0.1, 0.15) is 6.92 Å². The standard InChI is InChI=1S/C7H14N2O2.2ClH/c1-6-5-8-3-4-9(6)7(10)11-2;;/h6,8H,3-5H2,1-2H3;2*1H. The van der Waals surface area contributed by atoms with Crippen molar-refractivity contribution in [1.29, 1.82) is 0 Å². The predicted octanol–water partition coefficient (Wildman–Crippen LogP) is 0.890. The molecule has 0 aromatic rings. The SMILES string of the molecule is COC(=O)N1CCNCC1C.Cl.Cl. The van der Waals surface area contributed by atoms with Crippen LogP contribution in [0, 0.1) is 0 Å². The van der Waals surface area contributed by atoms with Gasteiger partial charge in [-0.2, -0.15) is 0 Å². The fourth-order valence-corrected chi connectivity index (χ4v) is 1.23. The van der Waals surface area contributed by atoms with Gasteiger partial charge < -0.3 is 15.0 Å². The van der Waals surface area contributed by atoms with Crippen LogP contribution < -0.4 is 5.32 Å². The summed E-state index contributed by atoms with van der Waals surface area (Å²) in [6.45, 7) is 4.46. The molecular formula is C7H16Cl2N2O2. The third-order valence-electron chi connectivity index (χ3n) is 1.91. The van der Waals surface area contributed by atoms with Crippen molar-refractivity contribution in [2.45, 2.75) is 13.0 Å². The van der Waals surface area contributed by atoms with Crippen molar-refractivity contribution in [2.75, 3.05) is 26.7 Å². The smallest absolute Gasteiger partial charge is 0.409 e. The topological polar surface area (TPSA) is 41.6 Å². The Morgan fingerprint density at radius 2 is 2.15 bits per heavy atom. The Morgan fingerprint density at radius 1 is 1.54 bits per heavy atom. The highest BCUT2D eigenvalue weighted by Crippen LogP contribution is 2.03. The Morgan fingerprint density at radius 3 is 2.62 bits per heavy atom. The fraction of sp³-hybridized carbons (Fsp3) is 0.857. The lowest BCUT2D eigenvalue weighted by Gasteiger charge is -2.32. The van der Waals surface area contributed by atoms with E-state index in [0.29, 0.717) is 0 Å². The third kappa shape index (κ3) is 4.02. The van der Waals surface area contributed by atoms with Gasteiger partial charge in [-0.25, -0.2) is 4.79 Å². The average molecular weight is 231 g/mol. The minimum Gasteiger partial charge on any atom is -0.453 e. The van der Waals surface area contributed by atoms with E-state index in [2.05, 4.69) is 10.1 Å². The van der Waals surface area contributed by atoms with Crippen LogP contribution in [0.2, 0.25) is 0 Å². The lowest BCUT2D eigenvalue weighted by molar-refractivity contribution is 0.0990. The maximum absolute atomic E-state index is 11.1. The van der Waals surface area contributed by atoms with Crippen molar-refractivity contribution in [1.82, 2.24) is 10.2 Å². The molecule has 80 valence electrons. The van der Waals surface area contributed by atoms with Crippen LogP contribution in [-0.4, -0.2) is 43.8 Å². The molecule has 1 atom stereocenters. The van der Waals surface area contributed by atoms with Crippen LogP contribution >= 0.6 is 24.8 Å². The molecule has 1 saturated heterocycles. The molecule has 0 spiro atoms. The molecular weight excluding hydrogens is 215 g/mol. The average Bonchev–Trinajstić information content (AvgIpc) is 2.04. The van der Waals surface area contributed by atoms with Gasteiger partial charge in [-0.15, -0.1) is 24.8 Å². The van der Waals surface area contributed by atoms with E-state index in [4.69, 9.17) is 0 Å². The van der Waals surface area contributed by atoms with Gasteiger partial charge >= 0.3 is 6.09 Å². The van der Waals surface area contributed by atoms with Gasteiger partial charge in [0.05, 0.1) is 7.11 Å². The number of amides is 1. The van der Waals surface area contributed by atoms with Crippen molar-refractivity contribution in [3.05, 3.63) is 0 Å². The first kappa shape index (κ1) is 15.3. The van der Waals surface area contributed by atoms with Crippen molar-refractivity contribution in [3.63, 3.8) is 0 Å². The maximum atomic E-state index is 11.1. The summed E-state index contributed by atoms with van der Waals surface area (Å²) in [6.07, 6.45) is -0.223. The Kier molecular flexibility index (Phi) is 8.51. The van der Waals surface area contributed by atoms with Gasteiger partial charge in [0, 0.05) is 25.7 Å². The number of rotatable bonds is 0. The van der Waals surface area contributed by atoms with E-state index < -0.39 is 0 Å². The minimum absolute atomic E-state index is 0. The van der Waals surface area contributed by atoms with Crippen LogP contribution in [0.15, 0.2) is 0 Å². The largest absolute Gasteiger partial charge is 0.453 e. The molecule has 1 aliphatic rings. The van der Waals surface area contributed by atoms with Crippen LogP contribution in [-0.2, 0) is 4.74 Å². The third-order valence-corrected chi connectivity index (χ3v) is 1.91. The minimum atomic E-state index is -0.223. The van der Waals surface area contributed by atoms with E-state index in [9.17, 15) is 4.79 Å². The molecule has 1 fully saturated rings. The molecule has 0 aromatic heterocycles. The first-order valence-electron chi connectivity index (χ1n) is 3.81. The van der Waals surface area contributed by atoms with Gasteiger partial charge in [0.15, 0.2) is 0 Å². The molecule has 0 bridgehead atoms. The lowest BCUT2D eigenvalue weighted by atomic mass is 10.2. The summed E-state index contributed by atoms with van der Waals surface area (Å²) in [6, 6.07) is 0.246. The van der Waals surface area contributed by atoms with Crippen molar-refractivity contribution in [2.24, 2.45) is 0 Å². The monoisotopic (exact) mass is 230 g/mol. The number of hydrogen-bond acceptors (Lipinski definition) is 3. The summed E-state index contributed by atoms with van der Waals surface area (Å²) in [4.78, 5) is 12.8. The highest BCUT2D eigenvalue weighted by Gasteiger charge is 2.22. The number of methoxy groups -OCH3 is 1. The van der Waals surface area contributed by atoms with Gasteiger partial charge in [-0.1, -0.05) is 0 Å². The first-order chi connectivity index (χ1) is 5.25. The predicted molar refractivity (Wildman–Crippen MR) is 55.9 cm³/mol. The number of hydrogen-bond donors (Lipinski definition) is 1. The quantitative estimate of drug-likeness (QED) is 0.673. The molecule has 0 saturated carbocycles. The van der Waals surface area contributed by atoms with E-state index in [1.807, 2.05) is 6.92 Å². The Labute approximate surface area is 90.8 Å². The van der Waals surface area contributed by atoms with Gasteiger partial charge in [0.25, 0.3) is 0 Å². The molecule has 1 rings (SSSR count). The summed E-state index contributed by atoms with van der Waals surface area (Å²) < 4.78 is 4.62. The number of ether oxygens (including phenoxy) is 1. The van der Waals surface area contributed by atoms with Crippen molar-refractivity contribution >= 4 is 30.9 Å². The van der Waals surface area contributed by atoms with Crippen molar-refractivity contribution in [3.8, 4) is 0 Å². The van der Waals surface area contributed by atoms with Crippen LogP contribution in [0.5, 0.6) is 0 Å². The number of nitrogens with zero attached hydrogens (tertiary/aromatic N) is 1. The Hall–Kier alpha value is -0.190. The second-order valence-corrected chi connectivity index (χ2v) is 2.72. The Bertz CT molecular complexity index is 157. The van der Waals surface area contributed by atoms with Gasteiger partial charge in [0.2, 0.25) is 0 Å². The zero-order valence-electron chi connectivity index (χ0n) is 7.78. The summed E-state index contributed by atoms with van der Waals surface area (Å²) in [5.41, 5.74) is 0. The fourth-order valence-electron chi connectivity index (χ4n) is 1.23. The number of nitrogens with one attached hydrogen (secondary N) is 1.